The summed E-state index contributed by atoms with van der Waals surface area (Å²) in [6.07, 6.45) is 7.82. The van der Waals surface area contributed by atoms with Crippen molar-refractivity contribution in [2.45, 2.75) is 90.9 Å². The van der Waals surface area contributed by atoms with E-state index in [2.05, 4.69) is 39.9 Å². The number of fused-ring (bicyclic) bond motifs is 1. The molecule has 0 spiro atoms. The second kappa shape index (κ2) is 14.5. The van der Waals surface area contributed by atoms with E-state index in [4.69, 9.17) is 20.3 Å². The van der Waals surface area contributed by atoms with E-state index in [0.717, 1.165) is 66.5 Å². The van der Waals surface area contributed by atoms with Gasteiger partial charge in [-0.15, -0.1) is 0 Å². The first-order valence-electron chi connectivity index (χ1n) is 17.1. The fraction of sp³-hybridized carbons (Fsp3) is 0.526. The second-order valence-electron chi connectivity index (χ2n) is 15.2. The van der Waals surface area contributed by atoms with Gasteiger partial charge in [-0.05, 0) is 116 Å². The topological polar surface area (TPSA) is 120 Å². The van der Waals surface area contributed by atoms with Crippen LogP contribution in [0.2, 0.25) is 0 Å². The number of esters is 1. The zero-order chi connectivity index (χ0) is 34.6. The molecule has 0 radical (unpaired) electrons. The largest absolute Gasteiger partial charge is 0.459 e. The lowest BCUT2D eigenvalue weighted by atomic mass is 9.91. The Labute approximate surface area is 284 Å². The fourth-order valence-electron chi connectivity index (χ4n) is 6.46. The molecule has 0 unspecified atom stereocenters. The van der Waals surface area contributed by atoms with Gasteiger partial charge in [0.05, 0.1) is 24.3 Å². The first-order chi connectivity index (χ1) is 22.6. The molecule has 5 rings (SSSR count). The van der Waals surface area contributed by atoms with Crippen LogP contribution in [0.1, 0.15) is 100 Å². The molecule has 0 aliphatic carbocycles. The van der Waals surface area contributed by atoms with E-state index >= 15 is 0 Å². The van der Waals surface area contributed by atoms with Gasteiger partial charge in [0.1, 0.15) is 11.2 Å². The molecular weight excluding hydrogens is 606 g/mol. The summed E-state index contributed by atoms with van der Waals surface area (Å²) < 4.78 is 13.2. The molecule has 10 nitrogen and oxygen atoms in total. The van der Waals surface area contributed by atoms with Gasteiger partial charge >= 0.3 is 12.1 Å². The Morgan fingerprint density at radius 3 is 2.12 bits per heavy atom. The van der Waals surface area contributed by atoms with Gasteiger partial charge in [-0.25, -0.2) is 4.79 Å². The number of allylic oxidation sites excluding steroid dienone is 1. The quantitative estimate of drug-likeness (QED) is 0.280. The Morgan fingerprint density at radius 1 is 0.875 bits per heavy atom. The summed E-state index contributed by atoms with van der Waals surface area (Å²) in [5, 5.41) is 6.32. The Morgan fingerprint density at radius 2 is 1.52 bits per heavy atom. The van der Waals surface area contributed by atoms with Crippen LogP contribution in [0.5, 0.6) is 0 Å². The molecule has 0 atom stereocenters. The smallest absolute Gasteiger partial charge is 0.410 e. The van der Waals surface area contributed by atoms with Crippen molar-refractivity contribution >= 4 is 34.9 Å². The molecule has 258 valence electrons. The van der Waals surface area contributed by atoms with Crippen LogP contribution in [0.3, 0.4) is 0 Å². The van der Waals surface area contributed by atoms with Gasteiger partial charge in [0.2, 0.25) is 5.91 Å². The zero-order valence-corrected chi connectivity index (χ0v) is 29.3. The minimum Gasteiger partial charge on any atom is -0.459 e. The number of aromatic nitrogens is 2. The molecule has 3 heterocycles. The molecule has 48 heavy (non-hydrogen) atoms. The van der Waals surface area contributed by atoms with Crippen LogP contribution in [0.25, 0.3) is 17.0 Å². The number of nitrogens with two attached hydrogens (primary N) is 1. The molecule has 1 aromatic heterocycles. The van der Waals surface area contributed by atoms with Crippen molar-refractivity contribution in [1.82, 2.24) is 19.6 Å². The Balaban J connectivity index is 1.32. The molecule has 2 N–H and O–H groups in total. The number of nitrogens with zero attached hydrogens (tertiary/aromatic N) is 4. The SMILES string of the molecule is CC(C)(C)OC(=O)CN1CCC(c2nn(Cc3ccc(C(N)=O)cc3)c3cc(/C=C/C4CCN(C(=O)OC(C)(C)C)CC4)ccc23)CC1. The highest BCUT2D eigenvalue weighted by Crippen LogP contribution is 2.34. The van der Waals surface area contributed by atoms with Crippen molar-refractivity contribution in [3.63, 3.8) is 0 Å². The number of rotatable bonds is 8. The van der Waals surface area contributed by atoms with Crippen LogP contribution in [0.15, 0.2) is 48.5 Å². The number of hydrogen-bond donors (Lipinski definition) is 1. The van der Waals surface area contributed by atoms with Crippen LogP contribution in [0, 0.1) is 5.92 Å². The highest BCUT2D eigenvalue weighted by molar-refractivity contribution is 5.92. The van der Waals surface area contributed by atoms with Crippen LogP contribution in [0.4, 0.5) is 4.79 Å². The third-order valence-corrected chi connectivity index (χ3v) is 8.87. The van der Waals surface area contributed by atoms with Gasteiger partial charge in [0.25, 0.3) is 0 Å². The summed E-state index contributed by atoms with van der Waals surface area (Å²) in [5.41, 5.74) is 9.23. The third-order valence-electron chi connectivity index (χ3n) is 8.87. The van der Waals surface area contributed by atoms with Gasteiger partial charge in [0.15, 0.2) is 0 Å². The van der Waals surface area contributed by atoms with E-state index in [-0.39, 0.29) is 18.0 Å². The first kappa shape index (κ1) is 35.1. The average molecular weight is 658 g/mol. The molecule has 2 saturated heterocycles. The summed E-state index contributed by atoms with van der Waals surface area (Å²) >= 11 is 0. The van der Waals surface area contributed by atoms with Crippen molar-refractivity contribution in [3.8, 4) is 0 Å². The van der Waals surface area contributed by atoms with E-state index < -0.39 is 17.1 Å². The molecule has 3 aromatic rings. The molecule has 2 fully saturated rings. The molecule has 2 aliphatic heterocycles. The van der Waals surface area contributed by atoms with E-state index in [1.807, 2.05) is 53.7 Å². The minimum atomic E-state index is -0.495. The Kier molecular flexibility index (Phi) is 10.6. The van der Waals surface area contributed by atoms with Crippen LogP contribution < -0.4 is 5.73 Å². The average Bonchev–Trinajstić information content (AvgIpc) is 3.36. The number of likely N-dealkylation sites (tertiary alicyclic amines) is 2. The standard InChI is InChI=1S/C38H51N5O5/c1-37(2,3)47-33(44)25-41-19-17-29(18-20-41)34-31-14-11-27(8-7-26-15-21-42(22-16-26)36(46)48-38(4,5)6)23-32(31)43(40-34)24-28-9-12-30(13-10-28)35(39)45/h7-14,23,26,29H,15-22,24-25H2,1-6H3,(H2,39,45)/b8-7+. The maximum atomic E-state index is 12.5. The number of benzene rings is 2. The van der Waals surface area contributed by atoms with Crippen LogP contribution in [-0.2, 0) is 20.8 Å². The van der Waals surface area contributed by atoms with Crippen molar-refractivity contribution in [2.24, 2.45) is 11.7 Å². The Hall–Kier alpha value is -4.18. The molecule has 2 aromatic carbocycles. The number of carbonyl (C=O) groups is 3. The van der Waals surface area contributed by atoms with Gasteiger partial charge < -0.3 is 20.1 Å². The van der Waals surface area contributed by atoms with Gasteiger partial charge in [-0.2, -0.15) is 5.10 Å². The maximum Gasteiger partial charge on any atom is 0.410 e. The lowest BCUT2D eigenvalue weighted by Gasteiger charge is -2.32. The predicted octanol–water partition coefficient (Wildman–Crippen LogP) is 6.36. The van der Waals surface area contributed by atoms with Crippen LogP contribution >= 0.6 is 0 Å². The second-order valence-corrected chi connectivity index (χ2v) is 15.2. The highest BCUT2D eigenvalue weighted by atomic mass is 16.6. The van der Waals surface area contributed by atoms with Gasteiger partial charge in [-0.1, -0.05) is 36.4 Å². The Bertz CT molecular complexity index is 1630. The first-order valence-corrected chi connectivity index (χ1v) is 17.1. The summed E-state index contributed by atoms with van der Waals surface area (Å²) in [6, 6.07) is 13.9. The lowest BCUT2D eigenvalue weighted by Crippen LogP contribution is -2.41. The normalized spacial score (nSPS) is 17.2. The molecule has 0 saturated carbocycles. The van der Waals surface area contributed by atoms with Crippen molar-refractivity contribution in [3.05, 3.63) is 70.9 Å². The van der Waals surface area contributed by atoms with Crippen molar-refractivity contribution < 1.29 is 23.9 Å². The number of hydrogen-bond acceptors (Lipinski definition) is 7. The fourth-order valence-corrected chi connectivity index (χ4v) is 6.46. The van der Waals surface area contributed by atoms with Gasteiger partial charge in [0, 0.05) is 30.0 Å². The van der Waals surface area contributed by atoms with E-state index in [1.54, 1.807) is 17.0 Å². The van der Waals surface area contributed by atoms with Crippen LogP contribution in [-0.4, -0.2) is 81.5 Å². The summed E-state index contributed by atoms with van der Waals surface area (Å²) in [7, 11) is 0. The zero-order valence-electron chi connectivity index (χ0n) is 29.3. The highest BCUT2D eigenvalue weighted by Gasteiger charge is 2.28. The molecule has 10 heteroatoms. The third kappa shape index (κ3) is 9.46. The predicted molar refractivity (Wildman–Crippen MR) is 188 cm³/mol. The number of piperidine rings is 2. The minimum absolute atomic E-state index is 0.188. The molecule has 2 aliphatic rings. The number of ether oxygens (including phenoxy) is 2. The summed E-state index contributed by atoms with van der Waals surface area (Å²) in [4.78, 5) is 40.5. The van der Waals surface area contributed by atoms with E-state index in [1.165, 1.54) is 0 Å². The lowest BCUT2D eigenvalue weighted by molar-refractivity contribution is -0.156. The number of carbonyl (C=O) groups excluding carboxylic acids is 3. The molecule has 2 amide bonds. The monoisotopic (exact) mass is 657 g/mol. The molecular formula is C38H51N5O5. The summed E-state index contributed by atoms with van der Waals surface area (Å²) in [5.74, 6) is 0.0254. The van der Waals surface area contributed by atoms with E-state index in [0.29, 0.717) is 37.7 Å². The van der Waals surface area contributed by atoms with Gasteiger partial charge in [-0.3, -0.25) is 19.2 Å². The number of amides is 2. The molecule has 0 bridgehead atoms. The number of primary amides is 1. The van der Waals surface area contributed by atoms with Crippen molar-refractivity contribution in [1.29, 1.82) is 0 Å². The van der Waals surface area contributed by atoms with E-state index in [9.17, 15) is 14.4 Å². The summed E-state index contributed by atoms with van der Waals surface area (Å²) in [6.45, 7) is 15.2. The van der Waals surface area contributed by atoms with Crippen molar-refractivity contribution in [2.75, 3.05) is 32.7 Å². The maximum absolute atomic E-state index is 12.5.